The maximum absolute atomic E-state index is 5.85. The van der Waals surface area contributed by atoms with E-state index in [1.165, 1.54) is 18.4 Å². The van der Waals surface area contributed by atoms with Gasteiger partial charge in [-0.15, -0.1) is 0 Å². The Bertz CT molecular complexity index is 608. The Labute approximate surface area is 119 Å². The molecule has 20 heavy (non-hydrogen) atoms. The molecule has 0 aromatic carbocycles. The van der Waals surface area contributed by atoms with Crippen LogP contribution in [0, 0.1) is 13.8 Å². The van der Waals surface area contributed by atoms with Gasteiger partial charge in [0.2, 0.25) is 5.88 Å². The van der Waals surface area contributed by atoms with E-state index in [2.05, 4.69) is 21.4 Å². The fourth-order valence-electron chi connectivity index (χ4n) is 2.10. The second-order valence-corrected chi connectivity index (χ2v) is 5.30. The summed E-state index contributed by atoms with van der Waals surface area (Å²) in [6.45, 7) is 4.79. The van der Waals surface area contributed by atoms with E-state index >= 15 is 0 Å². The number of nitrogens with one attached hydrogen (secondary N) is 1. The van der Waals surface area contributed by atoms with Gasteiger partial charge in [-0.2, -0.15) is 0 Å². The molecule has 0 aliphatic heterocycles. The maximum Gasteiger partial charge on any atom is 0.219 e. The van der Waals surface area contributed by atoms with Crippen molar-refractivity contribution in [3.8, 4) is 11.6 Å². The molecule has 0 atom stereocenters. The number of rotatable bonds is 5. The van der Waals surface area contributed by atoms with Crippen LogP contribution < -0.4 is 10.1 Å². The smallest absolute Gasteiger partial charge is 0.219 e. The molecule has 0 radical (unpaired) electrons. The molecule has 4 heteroatoms. The lowest BCUT2D eigenvalue weighted by molar-refractivity contribution is 0.454. The van der Waals surface area contributed by atoms with E-state index in [9.17, 15) is 0 Å². The van der Waals surface area contributed by atoms with Crippen LogP contribution in [0.25, 0.3) is 0 Å². The second-order valence-electron chi connectivity index (χ2n) is 5.30. The first-order chi connectivity index (χ1) is 9.70. The van der Waals surface area contributed by atoms with Crippen LogP contribution in [-0.4, -0.2) is 16.0 Å². The van der Waals surface area contributed by atoms with Crippen molar-refractivity contribution >= 4 is 0 Å². The number of aromatic nitrogens is 2. The molecule has 0 spiro atoms. The Hall–Kier alpha value is -1.94. The van der Waals surface area contributed by atoms with Gasteiger partial charge in [0, 0.05) is 30.5 Å². The van der Waals surface area contributed by atoms with Gasteiger partial charge in [-0.25, -0.2) is 4.98 Å². The quantitative estimate of drug-likeness (QED) is 0.906. The first-order valence-electron chi connectivity index (χ1n) is 7.01. The van der Waals surface area contributed by atoms with Gasteiger partial charge in [-0.05, 0) is 50.5 Å². The molecule has 1 aliphatic rings. The highest BCUT2D eigenvalue weighted by molar-refractivity contribution is 5.32. The molecule has 1 saturated carbocycles. The minimum absolute atomic E-state index is 0.633. The van der Waals surface area contributed by atoms with Crippen LogP contribution in [0.2, 0.25) is 0 Å². The molecule has 1 N–H and O–H groups in total. The fourth-order valence-corrected chi connectivity index (χ4v) is 2.10. The van der Waals surface area contributed by atoms with E-state index in [0.29, 0.717) is 11.9 Å². The maximum atomic E-state index is 5.85. The molecule has 0 bridgehead atoms. The monoisotopic (exact) mass is 269 g/mol. The summed E-state index contributed by atoms with van der Waals surface area (Å²) in [5.74, 6) is 1.39. The first kappa shape index (κ1) is 13.1. The summed E-state index contributed by atoms with van der Waals surface area (Å²) < 4.78 is 5.85. The topological polar surface area (TPSA) is 47.0 Å². The van der Waals surface area contributed by atoms with E-state index in [0.717, 1.165) is 23.7 Å². The van der Waals surface area contributed by atoms with Gasteiger partial charge in [0.1, 0.15) is 0 Å². The summed E-state index contributed by atoms with van der Waals surface area (Å²) in [6.07, 6.45) is 4.35. The Morgan fingerprint density at radius 3 is 2.90 bits per heavy atom. The number of pyridine rings is 2. The summed E-state index contributed by atoms with van der Waals surface area (Å²) in [7, 11) is 0. The van der Waals surface area contributed by atoms with Gasteiger partial charge in [-0.1, -0.05) is 0 Å². The molecule has 3 rings (SSSR count). The zero-order chi connectivity index (χ0) is 13.9. The number of hydrogen-bond donors (Lipinski definition) is 1. The third-order valence-corrected chi connectivity index (χ3v) is 3.33. The lowest BCUT2D eigenvalue weighted by Gasteiger charge is -2.10. The first-order valence-corrected chi connectivity index (χ1v) is 7.01. The summed E-state index contributed by atoms with van der Waals surface area (Å²) >= 11 is 0. The van der Waals surface area contributed by atoms with Crippen LogP contribution in [0.4, 0.5) is 0 Å². The average molecular weight is 269 g/mol. The Morgan fingerprint density at radius 2 is 2.15 bits per heavy atom. The normalized spacial score (nSPS) is 14.3. The summed E-state index contributed by atoms with van der Waals surface area (Å²) in [5, 5.41) is 3.51. The van der Waals surface area contributed by atoms with Crippen molar-refractivity contribution in [2.24, 2.45) is 0 Å². The molecule has 0 amide bonds. The summed E-state index contributed by atoms with van der Waals surface area (Å²) in [4.78, 5) is 8.66. The predicted octanol–water partition coefficient (Wildman–Crippen LogP) is 3.14. The van der Waals surface area contributed by atoms with Crippen LogP contribution in [0.3, 0.4) is 0 Å². The van der Waals surface area contributed by atoms with Gasteiger partial charge in [0.05, 0.1) is 5.69 Å². The van der Waals surface area contributed by atoms with E-state index < -0.39 is 0 Å². The molecule has 2 aromatic rings. The number of aryl methyl sites for hydroxylation is 2. The largest absolute Gasteiger partial charge is 0.437 e. The van der Waals surface area contributed by atoms with E-state index in [4.69, 9.17) is 4.74 Å². The van der Waals surface area contributed by atoms with E-state index in [1.54, 1.807) is 6.20 Å². The second kappa shape index (κ2) is 5.59. The highest BCUT2D eigenvalue weighted by atomic mass is 16.5. The van der Waals surface area contributed by atoms with Crippen molar-refractivity contribution in [1.82, 2.24) is 15.3 Å². The standard InChI is InChI=1S/C16H19N3O/c1-11-8-13(10-18-14-5-6-14)9-16(19-11)20-15-4-3-7-17-12(15)2/h3-4,7-9,14,18H,5-6,10H2,1-2H3. The van der Waals surface area contributed by atoms with Crippen LogP contribution in [0.5, 0.6) is 11.6 Å². The van der Waals surface area contributed by atoms with Gasteiger partial charge in [-0.3, -0.25) is 4.98 Å². The van der Waals surface area contributed by atoms with E-state index in [-0.39, 0.29) is 0 Å². The van der Waals surface area contributed by atoms with Crippen molar-refractivity contribution in [1.29, 1.82) is 0 Å². The van der Waals surface area contributed by atoms with Crippen molar-refractivity contribution < 1.29 is 4.74 Å². The highest BCUT2D eigenvalue weighted by Crippen LogP contribution is 2.24. The molecular weight excluding hydrogens is 250 g/mol. The molecule has 1 fully saturated rings. The van der Waals surface area contributed by atoms with Crippen LogP contribution in [0.1, 0.15) is 29.8 Å². The van der Waals surface area contributed by atoms with Crippen molar-refractivity contribution in [3.63, 3.8) is 0 Å². The van der Waals surface area contributed by atoms with Crippen LogP contribution >= 0.6 is 0 Å². The summed E-state index contributed by atoms with van der Waals surface area (Å²) in [5.41, 5.74) is 3.05. The van der Waals surface area contributed by atoms with Gasteiger partial charge in [0.25, 0.3) is 0 Å². The Balaban J connectivity index is 1.76. The van der Waals surface area contributed by atoms with Gasteiger partial charge >= 0.3 is 0 Å². The Kier molecular flexibility index (Phi) is 3.65. The number of hydrogen-bond acceptors (Lipinski definition) is 4. The zero-order valence-electron chi connectivity index (χ0n) is 11.9. The fraction of sp³-hybridized carbons (Fsp3) is 0.375. The minimum atomic E-state index is 0.633. The third kappa shape index (κ3) is 3.33. The van der Waals surface area contributed by atoms with Crippen LogP contribution in [0.15, 0.2) is 30.5 Å². The highest BCUT2D eigenvalue weighted by Gasteiger charge is 2.20. The van der Waals surface area contributed by atoms with Crippen molar-refractivity contribution in [3.05, 3.63) is 47.4 Å². The molecular formula is C16H19N3O. The molecule has 0 saturated heterocycles. The predicted molar refractivity (Wildman–Crippen MR) is 77.9 cm³/mol. The third-order valence-electron chi connectivity index (χ3n) is 3.33. The minimum Gasteiger partial charge on any atom is -0.437 e. The number of nitrogens with zero attached hydrogens (tertiary/aromatic N) is 2. The van der Waals surface area contributed by atoms with E-state index in [1.807, 2.05) is 32.0 Å². The van der Waals surface area contributed by atoms with Gasteiger partial charge in [0.15, 0.2) is 5.75 Å². The molecule has 0 unspecified atom stereocenters. The van der Waals surface area contributed by atoms with Crippen molar-refractivity contribution in [2.45, 2.75) is 39.3 Å². The average Bonchev–Trinajstić information content (AvgIpc) is 3.23. The number of ether oxygens (including phenoxy) is 1. The zero-order valence-corrected chi connectivity index (χ0v) is 11.9. The molecule has 104 valence electrons. The summed E-state index contributed by atoms with van der Waals surface area (Å²) in [6, 6.07) is 8.57. The van der Waals surface area contributed by atoms with Crippen molar-refractivity contribution in [2.75, 3.05) is 0 Å². The molecule has 2 aromatic heterocycles. The molecule has 4 nitrogen and oxygen atoms in total. The molecule has 2 heterocycles. The lowest BCUT2D eigenvalue weighted by atomic mass is 10.2. The lowest BCUT2D eigenvalue weighted by Crippen LogP contribution is -2.15. The SMILES string of the molecule is Cc1cc(CNC2CC2)cc(Oc2cccnc2C)n1. The van der Waals surface area contributed by atoms with Gasteiger partial charge < -0.3 is 10.1 Å². The molecule has 1 aliphatic carbocycles. The van der Waals surface area contributed by atoms with Crippen LogP contribution in [-0.2, 0) is 6.54 Å². The Morgan fingerprint density at radius 1 is 1.30 bits per heavy atom.